The van der Waals surface area contributed by atoms with Crippen LogP contribution in [-0.4, -0.2) is 32.0 Å². The Morgan fingerprint density at radius 1 is 1.33 bits per heavy atom. The summed E-state index contributed by atoms with van der Waals surface area (Å²) in [5.74, 6) is -0.617. The van der Waals surface area contributed by atoms with Gasteiger partial charge in [0, 0.05) is 12.1 Å². The number of sulfonamides is 1. The number of nitrogens with one attached hydrogen (secondary N) is 1. The maximum absolute atomic E-state index is 12.1. The third-order valence-electron chi connectivity index (χ3n) is 2.40. The molecule has 9 heteroatoms. The summed E-state index contributed by atoms with van der Waals surface area (Å²) in [6, 6.07) is 3.52. The number of rotatable bonds is 6. The van der Waals surface area contributed by atoms with Crippen molar-refractivity contribution in [1.82, 2.24) is 4.72 Å². The molecule has 0 saturated carbocycles. The molecule has 0 heterocycles. The minimum Gasteiger partial charge on any atom is -0.406 e. The van der Waals surface area contributed by atoms with Crippen LogP contribution in [-0.2, 0) is 10.0 Å². The van der Waals surface area contributed by atoms with Crippen molar-refractivity contribution >= 4 is 10.0 Å². The van der Waals surface area contributed by atoms with Crippen molar-refractivity contribution in [3.8, 4) is 5.75 Å². The van der Waals surface area contributed by atoms with E-state index in [1.807, 2.05) is 0 Å². The van der Waals surface area contributed by atoms with Crippen molar-refractivity contribution in [2.75, 3.05) is 0 Å². The minimum absolute atomic E-state index is 0.179. The molecular formula is C12H16F3NO4S. The molecule has 1 rings (SSSR count). The second kappa shape index (κ2) is 6.63. The maximum atomic E-state index is 12.1. The molecule has 0 aliphatic carbocycles. The maximum Gasteiger partial charge on any atom is 0.573 e. The fourth-order valence-corrected chi connectivity index (χ4v) is 3.02. The van der Waals surface area contributed by atoms with E-state index in [4.69, 9.17) is 0 Å². The van der Waals surface area contributed by atoms with E-state index >= 15 is 0 Å². The number of ether oxygens (including phenoxy) is 1. The molecule has 0 amide bonds. The SMILES string of the molecule is CC(O)CC(C)NS(=O)(=O)c1cccc(OC(F)(F)F)c1. The molecule has 0 spiro atoms. The first-order valence-electron chi connectivity index (χ1n) is 6.06. The van der Waals surface area contributed by atoms with Crippen LogP contribution in [0.3, 0.4) is 0 Å². The third kappa shape index (κ3) is 6.32. The first-order valence-corrected chi connectivity index (χ1v) is 7.54. The van der Waals surface area contributed by atoms with Crippen molar-refractivity contribution in [3.05, 3.63) is 24.3 Å². The Labute approximate surface area is 120 Å². The largest absolute Gasteiger partial charge is 0.573 e. The molecule has 1 aromatic rings. The minimum atomic E-state index is -4.89. The van der Waals surface area contributed by atoms with Gasteiger partial charge < -0.3 is 9.84 Å². The van der Waals surface area contributed by atoms with Crippen molar-refractivity contribution in [3.63, 3.8) is 0 Å². The highest BCUT2D eigenvalue weighted by molar-refractivity contribution is 7.89. The van der Waals surface area contributed by atoms with Crippen LogP contribution in [0.5, 0.6) is 5.75 Å². The Bertz CT molecular complexity index is 572. The predicted octanol–water partition coefficient (Wildman–Crippen LogP) is 2.02. The molecule has 0 bridgehead atoms. The van der Waals surface area contributed by atoms with Gasteiger partial charge in [-0.25, -0.2) is 13.1 Å². The van der Waals surface area contributed by atoms with Gasteiger partial charge in [0.1, 0.15) is 5.75 Å². The van der Waals surface area contributed by atoms with E-state index < -0.39 is 34.3 Å². The Morgan fingerprint density at radius 3 is 2.48 bits per heavy atom. The Morgan fingerprint density at radius 2 is 1.95 bits per heavy atom. The molecule has 0 saturated heterocycles. The zero-order valence-corrected chi connectivity index (χ0v) is 12.2. The van der Waals surface area contributed by atoms with Crippen molar-refractivity contribution < 1.29 is 31.4 Å². The standard InChI is InChI=1S/C12H16F3NO4S/c1-8(6-9(2)17)16-21(18,19)11-5-3-4-10(7-11)20-12(13,14)15/h3-5,7-9,16-17H,6H2,1-2H3. The van der Waals surface area contributed by atoms with Gasteiger partial charge in [-0.15, -0.1) is 13.2 Å². The summed E-state index contributed by atoms with van der Waals surface area (Å²) >= 11 is 0. The van der Waals surface area contributed by atoms with Gasteiger partial charge in [0.2, 0.25) is 10.0 Å². The number of hydrogen-bond acceptors (Lipinski definition) is 4. The second-order valence-corrected chi connectivity index (χ2v) is 6.34. The molecule has 5 nitrogen and oxygen atoms in total. The van der Waals surface area contributed by atoms with E-state index in [2.05, 4.69) is 9.46 Å². The Balaban J connectivity index is 2.91. The zero-order valence-electron chi connectivity index (χ0n) is 11.4. The molecular weight excluding hydrogens is 311 g/mol. The van der Waals surface area contributed by atoms with Crippen LogP contribution in [0, 0.1) is 0 Å². The summed E-state index contributed by atoms with van der Waals surface area (Å²) in [5.41, 5.74) is 0. The lowest BCUT2D eigenvalue weighted by Gasteiger charge is -2.16. The number of benzene rings is 1. The lowest BCUT2D eigenvalue weighted by atomic mass is 10.2. The number of alkyl halides is 3. The Hall–Kier alpha value is -1.32. The van der Waals surface area contributed by atoms with E-state index in [9.17, 15) is 26.7 Å². The normalized spacial score (nSPS) is 15.5. The van der Waals surface area contributed by atoms with E-state index in [1.165, 1.54) is 6.92 Å². The molecule has 120 valence electrons. The van der Waals surface area contributed by atoms with Crippen LogP contribution in [0.15, 0.2) is 29.2 Å². The monoisotopic (exact) mass is 327 g/mol. The summed E-state index contributed by atoms with van der Waals surface area (Å²) in [4.78, 5) is -0.346. The molecule has 2 N–H and O–H groups in total. The number of aliphatic hydroxyl groups excluding tert-OH is 1. The number of aliphatic hydroxyl groups is 1. The first kappa shape index (κ1) is 17.7. The highest BCUT2D eigenvalue weighted by atomic mass is 32.2. The summed E-state index contributed by atoms with van der Waals surface area (Å²) < 4.78 is 66.3. The topological polar surface area (TPSA) is 75.6 Å². The molecule has 21 heavy (non-hydrogen) atoms. The van der Waals surface area contributed by atoms with Gasteiger partial charge >= 0.3 is 6.36 Å². The summed E-state index contributed by atoms with van der Waals surface area (Å²) in [7, 11) is -3.99. The molecule has 1 aromatic carbocycles. The van der Waals surface area contributed by atoms with Crippen molar-refractivity contribution in [2.45, 2.75) is 43.7 Å². The Kier molecular flexibility index (Phi) is 5.60. The van der Waals surface area contributed by atoms with Crippen LogP contribution in [0.4, 0.5) is 13.2 Å². The average molecular weight is 327 g/mol. The third-order valence-corrected chi connectivity index (χ3v) is 3.99. The van der Waals surface area contributed by atoms with Crippen LogP contribution < -0.4 is 9.46 Å². The van der Waals surface area contributed by atoms with E-state index in [-0.39, 0.29) is 11.3 Å². The van der Waals surface area contributed by atoms with E-state index in [0.717, 1.165) is 24.3 Å². The van der Waals surface area contributed by atoms with Crippen LogP contribution >= 0.6 is 0 Å². The highest BCUT2D eigenvalue weighted by Crippen LogP contribution is 2.25. The van der Waals surface area contributed by atoms with Gasteiger partial charge in [0.05, 0.1) is 11.0 Å². The summed E-state index contributed by atoms with van der Waals surface area (Å²) in [6.07, 6.45) is -5.42. The van der Waals surface area contributed by atoms with Crippen LogP contribution in [0.1, 0.15) is 20.3 Å². The quantitative estimate of drug-likeness (QED) is 0.838. The fourth-order valence-electron chi connectivity index (χ4n) is 1.73. The lowest BCUT2D eigenvalue weighted by Crippen LogP contribution is -2.34. The molecule has 2 atom stereocenters. The molecule has 0 aliphatic rings. The van der Waals surface area contributed by atoms with Gasteiger partial charge in [-0.3, -0.25) is 0 Å². The zero-order chi connectivity index (χ0) is 16.3. The van der Waals surface area contributed by atoms with Gasteiger partial charge in [0.25, 0.3) is 0 Å². The molecule has 0 fully saturated rings. The molecule has 2 unspecified atom stereocenters. The van der Waals surface area contributed by atoms with Crippen LogP contribution in [0.25, 0.3) is 0 Å². The van der Waals surface area contributed by atoms with Crippen LogP contribution in [0.2, 0.25) is 0 Å². The second-order valence-electron chi connectivity index (χ2n) is 4.63. The number of hydrogen-bond donors (Lipinski definition) is 2. The first-order chi connectivity index (χ1) is 9.49. The van der Waals surface area contributed by atoms with Crippen molar-refractivity contribution in [1.29, 1.82) is 0 Å². The summed E-state index contributed by atoms with van der Waals surface area (Å²) in [6.45, 7) is 3.04. The number of halogens is 3. The summed E-state index contributed by atoms with van der Waals surface area (Å²) in [5, 5.41) is 9.18. The average Bonchev–Trinajstić information content (AvgIpc) is 2.24. The van der Waals surface area contributed by atoms with Gasteiger partial charge in [-0.2, -0.15) is 0 Å². The molecule has 0 radical (unpaired) electrons. The molecule has 0 aromatic heterocycles. The highest BCUT2D eigenvalue weighted by Gasteiger charge is 2.31. The van der Waals surface area contributed by atoms with E-state index in [1.54, 1.807) is 6.92 Å². The lowest BCUT2D eigenvalue weighted by molar-refractivity contribution is -0.274. The van der Waals surface area contributed by atoms with E-state index in [0.29, 0.717) is 0 Å². The fraction of sp³-hybridized carbons (Fsp3) is 0.500. The van der Waals surface area contributed by atoms with Gasteiger partial charge in [0.15, 0.2) is 0 Å². The molecule has 0 aliphatic heterocycles. The smallest absolute Gasteiger partial charge is 0.406 e. The van der Waals surface area contributed by atoms with Gasteiger partial charge in [-0.05, 0) is 32.4 Å². The van der Waals surface area contributed by atoms with Gasteiger partial charge in [-0.1, -0.05) is 6.07 Å². The van der Waals surface area contributed by atoms with Crippen molar-refractivity contribution in [2.24, 2.45) is 0 Å². The predicted molar refractivity (Wildman–Crippen MR) is 69.2 cm³/mol.